The summed E-state index contributed by atoms with van der Waals surface area (Å²) in [5.74, 6) is -0.405. The first kappa shape index (κ1) is 20.9. The Kier molecular flexibility index (Phi) is 4.77. The van der Waals surface area contributed by atoms with Crippen molar-refractivity contribution >= 4 is 17.5 Å². The number of rotatable bonds is 4. The maximum atomic E-state index is 13.4. The molecule has 0 fully saturated rings. The average Bonchev–Trinajstić information content (AvgIpc) is 3.51. The monoisotopic (exact) mass is 461 g/mol. The van der Waals surface area contributed by atoms with Gasteiger partial charge in [-0.2, -0.15) is 5.10 Å². The standard InChI is InChI=1S/C28H23N5O2/c1-16-24(17(2)33(31-16)21-9-4-3-5-10-21)26-25(27(29)35-32-26)28(34)30-20-12-13-23-19(15-20)14-18-8-6-7-11-22(18)23/h3-13,15H,14,29H2,1-2H3,(H,30,34). The lowest BCUT2D eigenvalue weighted by Gasteiger charge is -2.08. The normalized spacial score (nSPS) is 11.8. The summed E-state index contributed by atoms with van der Waals surface area (Å²) in [7, 11) is 0. The molecule has 35 heavy (non-hydrogen) atoms. The molecule has 1 aliphatic rings. The van der Waals surface area contributed by atoms with E-state index in [-0.39, 0.29) is 17.4 Å². The van der Waals surface area contributed by atoms with Gasteiger partial charge in [0.15, 0.2) is 0 Å². The number of aromatic nitrogens is 3. The summed E-state index contributed by atoms with van der Waals surface area (Å²) in [6.45, 7) is 3.82. The van der Waals surface area contributed by atoms with Crippen molar-refractivity contribution in [3.63, 3.8) is 0 Å². The Labute approximate surface area is 202 Å². The number of anilines is 2. The van der Waals surface area contributed by atoms with Gasteiger partial charge >= 0.3 is 0 Å². The molecule has 0 radical (unpaired) electrons. The topological polar surface area (TPSA) is 99.0 Å². The quantitative estimate of drug-likeness (QED) is 0.359. The summed E-state index contributed by atoms with van der Waals surface area (Å²) in [4.78, 5) is 13.4. The summed E-state index contributed by atoms with van der Waals surface area (Å²) < 4.78 is 7.11. The maximum Gasteiger partial charge on any atom is 0.263 e. The number of fused-ring (bicyclic) bond motifs is 3. The van der Waals surface area contributed by atoms with E-state index in [1.54, 1.807) is 0 Å². The molecule has 3 N–H and O–H groups in total. The Hall–Kier alpha value is -4.65. The second-order valence-electron chi connectivity index (χ2n) is 8.72. The highest BCUT2D eigenvalue weighted by molar-refractivity contribution is 6.11. The first-order valence-electron chi connectivity index (χ1n) is 11.4. The number of hydrogen-bond acceptors (Lipinski definition) is 5. The summed E-state index contributed by atoms with van der Waals surface area (Å²) in [5.41, 5.74) is 15.5. The Morgan fingerprint density at radius 3 is 2.54 bits per heavy atom. The zero-order valence-electron chi connectivity index (χ0n) is 19.4. The molecular weight excluding hydrogens is 438 g/mol. The third-order valence-corrected chi connectivity index (χ3v) is 6.53. The first-order valence-corrected chi connectivity index (χ1v) is 11.4. The second kappa shape index (κ2) is 7.99. The molecule has 7 nitrogen and oxygen atoms in total. The molecule has 5 aromatic rings. The van der Waals surface area contributed by atoms with Gasteiger partial charge in [0.1, 0.15) is 11.3 Å². The van der Waals surface area contributed by atoms with E-state index in [1.807, 2.05) is 79.2 Å². The lowest BCUT2D eigenvalue weighted by Crippen LogP contribution is -2.14. The number of nitrogens with two attached hydrogens (primary N) is 1. The Morgan fingerprint density at radius 2 is 1.71 bits per heavy atom. The van der Waals surface area contributed by atoms with Gasteiger partial charge in [-0.1, -0.05) is 53.7 Å². The summed E-state index contributed by atoms with van der Waals surface area (Å²) in [6.07, 6.45) is 0.840. The number of nitrogen functional groups attached to an aromatic ring is 1. The molecule has 0 atom stereocenters. The average molecular weight is 462 g/mol. The highest BCUT2D eigenvalue weighted by Crippen LogP contribution is 2.38. The largest absolute Gasteiger partial charge is 0.367 e. The molecule has 6 rings (SSSR count). The van der Waals surface area contributed by atoms with E-state index in [0.717, 1.165) is 29.1 Å². The highest BCUT2D eigenvalue weighted by Gasteiger charge is 2.28. The van der Waals surface area contributed by atoms with Crippen LogP contribution in [0.1, 0.15) is 32.9 Å². The number of nitrogens with one attached hydrogen (secondary N) is 1. The summed E-state index contributed by atoms with van der Waals surface area (Å²) in [6, 6.07) is 24.1. The van der Waals surface area contributed by atoms with E-state index >= 15 is 0 Å². The van der Waals surface area contributed by atoms with Crippen LogP contribution in [0.25, 0.3) is 28.1 Å². The molecule has 1 amide bonds. The lowest BCUT2D eigenvalue weighted by atomic mass is 10.0. The van der Waals surface area contributed by atoms with Gasteiger partial charge in [-0.25, -0.2) is 4.68 Å². The fourth-order valence-electron chi connectivity index (χ4n) is 4.92. The van der Waals surface area contributed by atoms with Gasteiger partial charge < -0.3 is 15.6 Å². The molecular formula is C28H23N5O2. The molecule has 3 aromatic carbocycles. The van der Waals surface area contributed by atoms with Gasteiger partial charge in [0.25, 0.3) is 5.91 Å². The van der Waals surface area contributed by atoms with E-state index in [2.05, 4.69) is 27.7 Å². The van der Waals surface area contributed by atoms with Crippen molar-refractivity contribution in [3.8, 4) is 28.1 Å². The third-order valence-electron chi connectivity index (χ3n) is 6.53. The van der Waals surface area contributed by atoms with Gasteiger partial charge in [-0.3, -0.25) is 4.79 Å². The number of carbonyl (C=O) groups excluding carboxylic acids is 1. The van der Waals surface area contributed by atoms with Gasteiger partial charge in [-0.15, -0.1) is 0 Å². The SMILES string of the molecule is Cc1nn(-c2ccccc2)c(C)c1-c1noc(N)c1C(=O)Nc1ccc2c(c1)Cc1ccccc1-2. The van der Waals surface area contributed by atoms with Gasteiger partial charge in [0.05, 0.1) is 17.1 Å². The molecule has 0 saturated carbocycles. The van der Waals surface area contributed by atoms with Crippen molar-refractivity contribution in [2.24, 2.45) is 0 Å². The predicted octanol–water partition coefficient (Wildman–Crippen LogP) is 5.55. The molecule has 0 aliphatic heterocycles. The molecule has 0 bridgehead atoms. The Balaban J connectivity index is 1.34. The molecule has 2 aromatic heterocycles. The van der Waals surface area contributed by atoms with Crippen LogP contribution in [0.2, 0.25) is 0 Å². The van der Waals surface area contributed by atoms with Crippen molar-refractivity contribution in [2.45, 2.75) is 20.3 Å². The second-order valence-corrected chi connectivity index (χ2v) is 8.72. The van der Waals surface area contributed by atoms with Crippen molar-refractivity contribution in [1.82, 2.24) is 14.9 Å². The zero-order chi connectivity index (χ0) is 24.1. The number of benzene rings is 3. The van der Waals surface area contributed by atoms with E-state index in [9.17, 15) is 4.79 Å². The fourth-order valence-corrected chi connectivity index (χ4v) is 4.92. The van der Waals surface area contributed by atoms with Crippen LogP contribution in [0, 0.1) is 13.8 Å². The van der Waals surface area contributed by atoms with Gasteiger partial charge in [0.2, 0.25) is 5.88 Å². The van der Waals surface area contributed by atoms with Gasteiger partial charge in [-0.05, 0) is 66.8 Å². The van der Waals surface area contributed by atoms with Crippen LogP contribution in [0.4, 0.5) is 11.6 Å². The van der Waals surface area contributed by atoms with E-state index in [1.165, 1.54) is 22.3 Å². The maximum absolute atomic E-state index is 13.4. The van der Waals surface area contributed by atoms with Crippen LogP contribution in [-0.2, 0) is 6.42 Å². The minimum absolute atomic E-state index is 0.0303. The third kappa shape index (κ3) is 3.40. The van der Waals surface area contributed by atoms with Crippen molar-refractivity contribution < 1.29 is 9.32 Å². The Morgan fingerprint density at radius 1 is 0.971 bits per heavy atom. The minimum Gasteiger partial charge on any atom is -0.367 e. The number of nitrogens with zero attached hydrogens (tertiary/aromatic N) is 3. The minimum atomic E-state index is -0.375. The number of amides is 1. The fraction of sp³-hybridized carbons (Fsp3) is 0.107. The van der Waals surface area contributed by atoms with Crippen molar-refractivity contribution in [3.05, 3.63) is 101 Å². The van der Waals surface area contributed by atoms with Crippen LogP contribution in [-0.4, -0.2) is 20.8 Å². The lowest BCUT2D eigenvalue weighted by molar-refractivity contribution is 0.102. The first-order chi connectivity index (χ1) is 17.0. The smallest absolute Gasteiger partial charge is 0.263 e. The molecule has 0 unspecified atom stereocenters. The molecule has 2 heterocycles. The van der Waals surface area contributed by atoms with E-state index in [4.69, 9.17) is 10.3 Å². The summed E-state index contributed by atoms with van der Waals surface area (Å²) in [5, 5.41) is 11.8. The number of carbonyl (C=O) groups is 1. The molecule has 172 valence electrons. The van der Waals surface area contributed by atoms with Crippen LogP contribution < -0.4 is 11.1 Å². The van der Waals surface area contributed by atoms with Gasteiger partial charge in [0, 0.05) is 11.3 Å². The number of aryl methyl sites for hydroxylation is 1. The number of hydrogen-bond donors (Lipinski definition) is 2. The van der Waals surface area contributed by atoms with Crippen molar-refractivity contribution in [2.75, 3.05) is 11.1 Å². The number of para-hydroxylation sites is 1. The summed E-state index contributed by atoms with van der Waals surface area (Å²) >= 11 is 0. The molecule has 1 aliphatic carbocycles. The molecule has 0 spiro atoms. The van der Waals surface area contributed by atoms with Crippen LogP contribution in [0.5, 0.6) is 0 Å². The van der Waals surface area contributed by atoms with E-state index in [0.29, 0.717) is 11.4 Å². The van der Waals surface area contributed by atoms with E-state index < -0.39 is 0 Å². The van der Waals surface area contributed by atoms with Crippen LogP contribution in [0.3, 0.4) is 0 Å². The zero-order valence-corrected chi connectivity index (χ0v) is 19.4. The molecule has 0 saturated heterocycles. The Bertz CT molecular complexity index is 1600. The van der Waals surface area contributed by atoms with Crippen LogP contribution >= 0.6 is 0 Å². The predicted molar refractivity (Wildman–Crippen MR) is 136 cm³/mol. The van der Waals surface area contributed by atoms with Crippen molar-refractivity contribution in [1.29, 1.82) is 0 Å². The van der Waals surface area contributed by atoms with Crippen LogP contribution in [0.15, 0.2) is 77.3 Å². The highest BCUT2D eigenvalue weighted by atomic mass is 16.5. The molecule has 7 heteroatoms.